The number of esters is 1. The predicted molar refractivity (Wildman–Crippen MR) is 109 cm³/mol. The third-order valence-corrected chi connectivity index (χ3v) is 5.21. The van der Waals surface area contributed by atoms with Crippen LogP contribution in [0.5, 0.6) is 5.75 Å². The number of halogens is 3. The molecule has 5 nitrogen and oxygen atoms in total. The molecular formula is C23H22F3NO4. The molecule has 0 aliphatic heterocycles. The molecular weight excluding hydrogens is 411 g/mol. The Bertz CT molecular complexity index is 1170. The van der Waals surface area contributed by atoms with E-state index in [1.165, 1.54) is 26.0 Å². The number of hydrogen-bond acceptors (Lipinski definition) is 4. The Kier molecular flexibility index (Phi) is 6.38. The standard InChI is InChI=1S/C23H22F3NO4/c1-4-5-9-31-23(30)12(2)18-13(3)27(22(29)14-7-6-8-15(24)10-14)17-11-16(25)21(28)20(26)19(17)18/h6-8,10-12,28H,4-5,9H2,1-3H3. The summed E-state index contributed by atoms with van der Waals surface area (Å²) in [5, 5.41) is 9.54. The van der Waals surface area contributed by atoms with Gasteiger partial charge in [-0.2, -0.15) is 0 Å². The van der Waals surface area contributed by atoms with Crippen molar-refractivity contribution in [2.75, 3.05) is 6.61 Å². The summed E-state index contributed by atoms with van der Waals surface area (Å²) in [5.74, 6) is -6.78. The van der Waals surface area contributed by atoms with E-state index in [-0.39, 0.29) is 34.3 Å². The van der Waals surface area contributed by atoms with Crippen molar-refractivity contribution in [1.29, 1.82) is 0 Å². The minimum atomic E-state index is -1.29. The van der Waals surface area contributed by atoms with Crippen LogP contribution in [0, 0.1) is 24.4 Å². The highest BCUT2D eigenvalue weighted by atomic mass is 19.1. The summed E-state index contributed by atoms with van der Waals surface area (Å²) < 4.78 is 49.0. The van der Waals surface area contributed by atoms with Crippen molar-refractivity contribution in [3.63, 3.8) is 0 Å². The van der Waals surface area contributed by atoms with E-state index in [0.29, 0.717) is 6.42 Å². The van der Waals surface area contributed by atoms with Crippen LogP contribution in [0.2, 0.25) is 0 Å². The Labute approximate surface area is 177 Å². The maximum atomic E-state index is 14.9. The van der Waals surface area contributed by atoms with Gasteiger partial charge >= 0.3 is 5.97 Å². The quantitative estimate of drug-likeness (QED) is 0.428. The van der Waals surface area contributed by atoms with Crippen LogP contribution >= 0.6 is 0 Å². The second-order valence-corrected chi connectivity index (χ2v) is 7.31. The molecule has 1 unspecified atom stereocenters. The molecule has 1 N–H and O–H groups in total. The number of unbranched alkanes of at least 4 members (excludes halogenated alkanes) is 1. The number of ether oxygens (including phenoxy) is 1. The van der Waals surface area contributed by atoms with Crippen LogP contribution in [-0.2, 0) is 9.53 Å². The molecule has 1 atom stereocenters. The molecule has 0 aliphatic rings. The number of benzene rings is 2. The predicted octanol–water partition coefficient (Wildman–Crippen LogP) is 5.21. The van der Waals surface area contributed by atoms with E-state index in [0.717, 1.165) is 29.2 Å². The highest BCUT2D eigenvalue weighted by Gasteiger charge is 2.31. The Morgan fingerprint density at radius 2 is 1.90 bits per heavy atom. The van der Waals surface area contributed by atoms with Crippen molar-refractivity contribution in [3.05, 3.63) is 64.6 Å². The first-order chi connectivity index (χ1) is 14.7. The van der Waals surface area contributed by atoms with Gasteiger partial charge in [-0.05, 0) is 44.0 Å². The lowest BCUT2D eigenvalue weighted by Crippen LogP contribution is -2.17. The Hall–Kier alpha value is -3.29. The lowest BCUT2D eigenvalue weighted by Gasteiger charge is -2.13. The zero-order valence-electron chi connectivity index (χ0n) is 17.3. The molecule has 164 valence electrons. The summed E-state index contributed by atoms with van der Waals surface area (Å²) in [7, 11) is 0. The molecule has 0 saturated carbocycles. The van der Waals surface area contributed by atoms with E-state index < -0.39 is 41.0 Å². The van der Waals surface area contributed by atoms with Crippen molar-refractivity contribution >= 4 is 22.8 Å². The highest BCUT2D eigenvalue weighted by Crippen LogP contribution is 2.39. The molecule has 0 amide bonds. The first-order valence-corrected chi connectivity index (χ1v) is 9.87. The highest BCUT2D eigenvalue weighted by molar-refractivity contribution is 6.05. The fraction of sp³-hybridized carbons (Fsp3) is 0.304. The molecule has 0 spiro atoms. The van der Waals surface area contributed by atoms with Gasteiger partial charge < -0.3 is 9.84 Å². The number of nitrogens with zero attached hydrogens (tertiary/aromatic N) is 1. The van der Waals surface area contributed by atoms with Gasteiger partial charge in [0.2, 0.25) is 0 Å². The largest absolute Gasteiger partial charge is 0.503 e. The van der Waals surface area contributed by atoms with E-state index in [1.807, 2.05) is 6.92 Å². The summed E-state index contributed by atoms with van der Waals surface area (Å²) in [6, 6.07) is 5.69. The molecule has 31 heavy (non-hydrogen) atoms. The average Bonchev–Trinajstić information content (AvgIpc) is 3.02. The van der Waals surface area contributed by atoms with Crippen molar-refractivity contribution < 1.29 is 32.6 Å². The molecule has 0 fully saturated rings. The van der Waals surface area contributed by atoms with Crippen molar-refractivity contribution in [3.8, 4) is 5.75 Å². The fourth-order valence-electron chi connectivity index (χ4n) is 3.61. The van der Waals surface area contributed by atoms with Crippen molar-refractivity contribution in [1.82, 2.24) is 4.57 Å². The minimum absolute atomic E-state index is 0.0429. The van der Waals surface area contributed by atoms with E-state index in [1.54, 1.807) is 0 Å². The van der Waals surface area contributed by atoms with Gasteiger partial charge in [0.05, 0.1) is 18.0 Å². The molecule has 0 aliphatic carbocycles. The van der Waals surface area contributed by atoms with Gasteiger partial charge in [-0.3, -0.25) is 14.2 Å². The van der Waals surface area contributed by atoms with E-state index in [4.69, 9.17) is 4.74 Å². The van der Waals surface area contributed by atoms with Crippen LogP contribution in [0.1, 0.15) is 54.2 Å². The van der Waals surface area contributed by atoms with Gasteiger partial charge in [0.15, 0.2) is 17.4 Å². The SMILES string of the molecule is CCCCOC(=O)C(C)c1c(C)n(C(=O)c2cccc(F)c2)c2cc(F)c(O)c(F)c12. The number of aromatic hydroxyl groups is 1. The molecule has 8 heteroatoms. The molecule has 3 rings (SSSR count). The molecule has 0 saturated heterocycles. The summed E-state index contributed by atoms with van der Waals surface area (Å²) in [5.41, 5.74) is 0.0311. The van der Waals surface area contributed by atoms with Gasteiger partial charge in [-0.15, -0.1) is 0 Å². The second kappa shape index (κ2) is 8.83. The molecule has 1 heterocycles. The Balaban J connectivity index is 2.23. The Morgan fingerprint density at radius 3 is 2.55 bits per heavy atom. The van der Waals surface area contributed by atoms with Crippen LogP contribution in [0.25, 0.3) is 10.9 Å². The number of aromatic nitrogens is 1. The first kappa shape index (κ1) is 22.4. The number of carbonyl (C=O) groups excluding carboxylic acids is 2. The number of fused-ring (bicyclic) bond motifs is 1. The normalized spacial score (nSPS) is 12.2. The molecule has 0 bridgehead atoms. The van der Waals surface area contributed by atoms with E-state index in [2.05, 4.69) is 0 Å². The molecule has 3 aromatic rings. The zero-order chi connectivity index (χ0) is 22.9. The lowest BCUT2D eigenvalue weighted by molar-refractivity contribution is -0.145. The van der Waals surface area contributed by atoms with Gasteiger partial charge in [0, 0.05) is 22.7 Å². The summed E-state index contributed by atoms with van der Waals surface area (Å²) in [6.07, 6.45) is 1.46. The first-order valence-electron chi connectivity index (χ1n) is 9.87. The number of phenols is 1. The van der Waals surface area contributed by atoms with Crippen LogP contribution in [0.4, 0.5) is 13.2 Å². The van der Waals surface area contributed by atoms with Crippen LogP contribution in [0.3, 0.4) is 0 Å². The number of phenolic OH excluding ortho intramolecular Hbond substituents is 1. The third-order valence-electron chi connectivity index (χ3n) is 5.21. The minimum Gasteiger partial charge on any atom is -0.503 e. The lowest BCUT2D eigenvalue weighted by atomic mass is 9.97. The maximum absolute atomic E-state index is 14.9. The van der Waals surface area contributed by atoms with Crippen LogP contribution in [-0.4, -0.2) is 28.2 Å². The van der Waals surface area contributed by atoms with Gasteiger partial charge in [0.25, 0.3) is 5.91 Å². The summed E-state index contributed by atoms with van der Waals surface area (Å²) in [4.78, 5) is 25.7. The van der Waals surface area contributed by atoms with E-state index in [9.17, 15) is 27.9 Å². The zero-order valence-corrected chi connectivity index (χ0v) is 17.3. The molecule has 0 radical (unpaired) electrons. The fourth-order valence-corrected chi connectivity index (χ4v) is 3.61. The number of hydrogen-bond donors (Lipinski definition) is 1. The monoisotopic (exact) mass is 433 g/mol. The Morgan fingerprint density at radius 1 is 1.19 bits per heavy atom. The second-order valence-electron chi connectivity index (χ2n) is 7.31. The molecule has 1 aromatic heterocycles. The number of rotatable bonds is 6. The van der Waals surface area contributed by atoms with E-state index >= 15 is 0 Å². The van der Waals surface area contributed by atoms with Gasteiger partial charge in [0.1, 0.15) is 5.82 Å². The third kappa shape index (κ3) is 4.02. The number of carbonyl (C=O) groups is 2. The van der Waals surface area contributed by atoms with Gasteiger partial charge in [-0.25, -0.2) is 13.2 Å². The smallest absolute Gasteiger partial charge is 0.313 e. The topological polar surface area (TPSA) is 68.5 Å². The summed E-state index contributed by atoms with van der Waals surface area (Å²) >= 11 is 0. The van der Waals surface area contributed by atoms with Crippen LogP contribution in [0.15, 0.2) is 30.3 Å². The van der Waals surface area contributed by atoms with Crippen LogP contribution < -0.4 is 0 Å². The van der Waals surface area contributed by atoms with Crippen molar-refractivity contribution in [2.45, 2.75) is 39.5 Å². The average molecular weight is 433 g/mol. The van der Waals surface area contributed by atoms with Gasteiger partial charge in [-0.1, -0.05) is 19.4 Å². The maximum Gasteiger partial charge on any atom is 0.313 e. The van der Waals surface area contributed by atoms with Crippen molar-refractivity contribution in [2.24, 2.45) is 0 Å². The molecule has 2 aromatic carbocycles. The summed E-state index contributed by atoms with van der Waals surface area (Å²) in [6.45, 7) is 5.06.